The molecule has 1 atom stereocenters. The zero-order valence-corrected chi connectivity index (χ0v) is 15.2. The Bertz CT molecular complexity index is 729. The Balaban J connectivity index is 1.70. The lowest BCUT2D eigenvalue weighted by Crippen LogP contribution is -2.45. The highest BCUT2D eigenvalue weighted by molar-refractivity contribution is 7.99. The van der Waals surface area contributed by atoms with Gasteiger partial charge in [0.25, 0.3) is 0 Å². The van der Waals surface area contributed by atoms with E-state index in [1.165, 1.54) is 22.9 Å². The van der Waals surface area contributed by atoms with Gasteiger partial charge in [0.15, 0.2) is 5.16 Å². The molecule has 6 heteroatoms. The van der Waals surface area contributed by atoms with Crippen LogP contribution in [0, 0.1) is 13.8 Å². The van der Waals surface area contributed by atoms with Crippen molar-refractivity contribution < 1.29 is 9.53 Å². The van der Waals surface area contributed by atoms with E-state index in [0.29, 0.717) is 25.4 Å². The number of imidazole rings is 1. The van der Waals surface area contributed by atoms with E-state index in [0.717, 1.165) is 10.8 Å². The molecular formula is C18H23N3O2S. The van der Waals surface area contributed by atoms with Crippen LogP contribution in [0.1, 0.15) is 18.1 Å². The second-order valence-corrected chi connectivity index (χ2v) is 7.05. The molecule has 0 bridgehead atoms. The number of benzene rings is 1. The summed E-state index contributed by atoms with van der Waals surface area (Å²) in [6.07, 6.45) is 3.85. The number of aromatic nitrogens is 2. The zero-order valence-electron chi connectivity index (χ0n) is 14.4. The van der Waals surface area contributed by atoms with Crippen LogP contribution in [0.5, 0.6) is 0 Å². The van der Waals surface area contributed by atoms with Gasteiger partial charge in [0.2, 0.25) is 5.91 Å². The van der Waals surface area contributed by atoms with Crippen molar-refractivity contribution >= 4 is 17.7 Å². The molecule has 0 saturated carbocycles. The van der Waals surface area contributed by atoms with Gasteiger partial charge in [-0.25, -0.2) is 4.98 Å². The van der Waals surface area contributed by atoms with Crippen molar-refractivity contribution in [3.05, 3.63) is 41.7 Å². The number of hydrogen-bond donors (Lipinski definition) is 0. The standard InChI is InChI=1S/C18H23N3O2S/c1-13-5-4-6-16(15(13)3)21-8-7-19-18(21)24-12-17(22)20-9-10-23-14(2)11-20/h4-8,14H,9-12H2,1-3H3/t14-/m1/s1. The Morgan fingerprint density at radius 2 is 2.25 bits per heavy atom. The molecule has 1 aromatic heterocycles. The molecule has 1 fully saturated rings. The summed E-state index contributed by atoms with van der Waals surface area (Å²) in [5.74, 6) is 0.542. The van der Waals surface area contributed by atoms with Crippen LogP contribution in [0.15, 0.2) is 35.7 Å². The van der Waals surface area contributed by atoms with Crippen molar-refractivity contribution in [3.8, 4) is 5.69 Å². The summed E-state index contributed by atoms with van der Waals surface area (Å²) in [7, 11) is 0. The third-order valence-electron chi connectivity index (χ3n) is 4.36. The summed E-state index contributed by atoms with van der Waals surface area (Å²) in [5, 5.41) is 0.846. The maximum atomic E-state index is 12.4. The Labute approximate surface area is 147 Å². The molecule has 0 N–H and O–H groups in total. The number of ether oxygens (including phenoxy) is 1. The van der Waals surface area contributed by atoms with E-state index in [9.17, 15) is 4.79 Å². The molecule has 1 aromatic carbocycles. The van der Waals surface area contributed by atoms with E-state index in [-0.39, 0.29) is 12.0 Å². The fraction of sp³-hybridized carbons (Fsp3) is 0.444. The lowest BCUT2D eigenvalue weighted by atomic mass is 10.1. The minimum Gasteiger partial charge on any atom is -0.375 e. The molecule has 1 saturated heterocycles. The molecular weight excluding hydrogens is 322 g/mol. The van der Waals surface area contributed by atoms with Crippen LogP contribution >= 0.6 is 11.8 Å². The maximum absolute atomic E-state index is 12.4. The first kappa shape index (κ1) is 17.0. The van der Waals surface area contributed by atoms with E-state index < -0.39 is 0 Å². The third-order valence-corrected chi connectivity index (χ3v) is 5.31. The maximum Gasteiger partial charge on any atom is 0.233 e. The van der Waals surface area contributed by atoms with E-state index in [1.54, 1.807) is 6.20 Å². The Kier molecular flexibility index (Phi) is 5.26. The van der Waals surface area contributed by atoms with Gasteiger partial charge in [-0.15, -0.1) is 0 Å². The van der Waals surface area contributed by atoms with Crippen molar-refractivity contribution in [1.29, 1.82) is 0 Å². The second-order valence-electron chi connectivity index (χ2n) is 6.11. The summed E-state index contributed by atoms with van der Waals surface area (Å²) in [6, 6.07) is 6.23. The first-order valence-corrected chi connectivity index (χ1v) is 9.17. The average Bonchev–Trinajstić information content (AvgIpc) is 3.03. The Hall–Kier alpha value is -1.79. The summed E-state index contributed by atoms with van der Waals surface area (Å²) < 4.78 is 7.55. The molecule has 5 nitrogen and oxygen atoms in total. The largest absolute Gasteiger partial charge is 0.375 e. The normalized spacial score (nSPS) is 18.0. The van der Waals surface area contributed by atoms with Crippen LogP contribution in [0.3, 0.4) is 0 Å². The molecule has 3 rings (SSSR count). The molecule has 2 heterocycles. The van der Waals surface area contributed by atoms with Gasteiger partial charge in [0, 0.05) is 25.5 Å². The topological polar surface area (TPSA) is 47.4 Å². The summed E-state index contributed by atoms with van der Waals surface area (Å²) in [5.41, 5.74) is 3.59. The smallest absolute Gasteiger partial charge is 0.233 e. The molecule has 0 radical (unpaired) electrons. The van der Waals surface area contributed by atoms with Gasteiger partial charge in [-0.1, -0.05) is 23.9 Å². The van der Waals surface area contributed by atoms with Crippen LogP contribution in [-0.2, 0) is 9.53 Å². The van der Waals surface area contributed by atoms with E-state index in [1.807, 2.05) is 24.1 Å². The molecule has 1 aliphatic heterocycles. The van der Waals surface area contributed by atoms with Crippen LogP contribution in [-0.4, -0.2) is 51.9 Å². The highest BCUT2D eigenvalue weighted by Gasteiger charge is 2.22. The lowest BCUT2D eigenvalue weighted by molar-refractivity contribution is -0.135. The van der Waals surface area contributed by atoms with Crippen molar-refractivity contribution in [2.75, 3.05) is 25.4 Å². The monoisotopic (exact) mass is 345 g/mol. The van der Waals surface area contributed by atoms with Gasteiger partial charge < -0.3 is 9.64 Å². The number of thioether (sulfide) groups is 1. The fourth-order valence-corrected chi connectivity index (χ4v) is 3.71. The third kappa shape index (κ3) is 3.65. The van der Waals surface area contributed by atoms with Gasteiger partial charge in [-0.3, -0.25) is 9.36 Å². The predicted molar refractivity (Wildman–Crippen MR) is 95.8 cm³/mol. The number of nitrogens with zero attached hydrogens (tertiary/aromatic N) is 3. The van der Waals surface area contributed by atoms with E-state index in [2.05, 4.69) is 35.5 Å². The first-order chi connectivity index (χ1) is 11.6. The Morgan fingerprint density at radius 1 is 1.42 bits per heavy atom. The summed E-state index contributed by atoms with van der Waals surface area (Å²) >= 11 is 1.49. The highest BCUT2D eigenvalue weighted by atomic mass is 32.2. The first-order valence-electron chi connectivity index (χ1n) is 8.18. The van der Waals surface area contributed by atoms with Crippen molar-refractivity contribution in [2.45, 2.75) is 32.0 Å². The molecule has 0 spiro atoms. The van der Waals surface area contributed by atoms with Crippen LogP contribution in [0.4, 0.5) is 0 Å². The molecule has 0 unspecified atom stereocenters. The fourth-order valence-electron chi connectivity index (χ4n) is 2.84. The number of amides is 1. The van der Waals surface area contributed by atoms with Crippen LogP contribution < -0.4 is 0 Å². The molecule has 0 aliphatic carbocycles. The number of carbonyl (C=O) groups is 1. The van der Waals surface area contributed by atoms with Crippen molar-refractivity contribution in [1.82, 2.24) is 14.5 Å². The zero-order chi connectivity index (χ0) is 17.1. The van der Waals surface area contributed by atoms with Crippen molar-refractivity contribution in [3.63, 3.8) is 0 Å². The van der Waals surface area contributed by atoms with Gasteiger partial charge in [0.05, 0.1) is 24.2 Å². The Morgan fingerprint density at radius 3 is 3.04 bits per heavy atom. The highest BCUT2D eigenvalue weighted by Crippen LogP contribution is 2.24. The lowest BCUT2D eigenvalue weighted by Gasteiger charge is -2.31. The van der Waals surface area contributed by atoms with Crippen LogP contribution in [0.25, 0.3) is 5.69 Å². The number of rotatable bonds is 4. The number of morpholine rings is 1. The SMILES string of the molecule is Cc1cccc(-n2ccnc2SCC(=O)N2CCO[C@H](C)C2)c1C. The predicted octanol–water partition coefficient (Wildman–Crippen LogP) is 2.83. The number of aryl methyl sites for hydroxylation is 1. The van der Waals surface area contributed by atoms with Gasteiger partial charge in [-0.05, 0) is 38.0 Å². The van der Waals surface area contributed by atoms with Gasteiger partial charge >= 0.3 is 0 Å². The number of carbonyl (C=O) groups excluding carboxylic acids is 1. The van der Waals surface area contributed by atoms with E-state index in [4.69, 9.17) is 4.74 Å². The van der Waals surface area contributed by atoms with Gasteiger partial charge in [-0.2, -0.15) is 0 Å². The molecule has 1 aliphatic rings. The quantitative estimate of drug-likeness (QED) is 0.800. The minimum atomic E-state index is 0.115. The van der Waals surface area contributed by atoms with E-state index >= 15 is 0 Å². The molecule has 24 heavy (non-hydrogen) atoms. The minimum absolute atomic E-state index is 0.115. The van der Waals surface area contributed by atoms with Crippen LogP contribution in [0.2, 0.25) is 0 Å². The average molecular weight is 345 g/mol. The summed E-state index contributed by atoms with van der Waals surface area (Å²) in [6.45, 7) is 8.18. The molecule has 128 valence electrons. The summed E-state index contributed by atoms with van der Waals surface area (Å²) in [4.78, 5) is 18.7. The number of hydrogen-bond acceptors (Lipinski definition) is 4. The van der Waals surface area contributed by atoms with Crippen molar-refractivity contribution in [2.24, 2.45) is 0 Å². The van der Waals surface area contributed by atoms with Gasteiger partial charge in [0.1, 0.15) is 0 Å². The second kappa shape index (κ2) is 7.40. The molecule has 2 aromatic rings. The molecule has 1 amide bonds.